The van der Waals surface area contributed by atoms with Crippen LogP contribution in [-0.2, 0) is 12.8 Å². The van der Waals surface area contributed by atoms with Crippen molar-refractivity contribution in [3.63, 3.8) is 0 Å². The Morgan fingerprint density at radius 1 is 1.35 bits per heavy atom. The van der Waals surface area contributed by atoms with Crippen LogP contribution in [0.3, 0.4) is 0 Å². The van der Waals surface area contributed by atoms with Crippen molar-refractivity contribution in [2.24, 2.45) is 7.05 Å². The summed E-state index contributed by atoms with van der Waals surface area (Å²) in [7, 11) is 1.97. The molecule has 0 unspecified atom stereocenters. The van der Waals surface area contributed by atoms with Crippen molar-refractivity contribution in [1.29, 1.82) is 0 Å². The van der Waals surface area contributed by atoms with E-state index in [1.54, 1.807) is 11.8 Å². The largest absolute Gasteiger partial charge is 0.399 e. The highest BCUT2D eigenvalue weighted by molar-refractivity contribution is 7.98. The van der Waals surface area contributed by atoms with Gasteiger partial charge in [-0.15, -0.1) is 11.8 Å². The highest BCUT2D eigenvalue weighted by atomic mass is 32.2. The summed E-state index contributed by atoms with van der Waals surface area (Å²) in [6.07, 6.45) is 0. The molecule has 0 saturated heterocycles. The normalized spacial score (nSPS) is 10.8. The minimum Gasteiger partial charge on any atom is -0.399 e. The zero-order chi connectivity index (χ0) is 12.4. The molecule has 0 aliphatic carbocycles. The molecule has 0 aliphatic heterocycles. The van der Waals surface area contributed by atoms with Crippen LogP contribution >= 0.6 is 11.8 Å². The molecule has 0 amide bonds. The molecule has 1 aromatic heterocycles. The van der Waals surface area contributed by atoms with Crippen molar-refractivity contribution >= 4 is 17.4 Å². The summed E-state index contributed by atoms with van der Waals surface area (Å²) < 4.78 is 1.92. The van der Waals surface area contributed by atoms with Crippen molar-refractivity contribution in [3.05, 3.63) is 41.1 Å². The Labute approximate surface area is 106 Å². The monoisotopic (exact) mass is 247 g/mol. The fourth-order valence-corrected chi connectivity index (χ4v) is 2.83. The summed E-state index contributed by atoms with van der Waals surface area (Å²) in [6.45, 7) is 4.08. The average Bonchev–Trinajstić information content (AvgIpc) is 2.60. The van der Waals surface area contributed by atoms with Gasteiger partial charge in [-0.25, -0.2) is 0 Å². The van der Waals surface area contributed by atoms with Gasteiger partial charge in [-0.05, 0) is 37.1 Å². The van der Waals surface area contributed by atoms with Gasteiger partial charge in [0.15, 0.2) is 0 Å². The third-order valence-corrected chi connectivity index (χ3v) is 3.96. The van der Waals surface area contributed by atoms with Crippen LogP contribution in [0.4, 0.5) is 5.69 Å². The van der Waals surface area contributed by atoms with Gasteiger partial charge in [0.1, 0.15) is 0 Å². The number of rotatable bonds is 3. The molecule has 0 aliphatic rings. The molecular formula is C13H17N3S. The molecule has 0 radical (unpaired) electrons. The van der Waals surface area contributed by atoms with Crippen LogP contribution in [0, 0.1) is 13.8 Å². The molecule has 0 fully saturated rings. The standard InChI is InChI=1S/C13H17N3S/c1-9-7-13(16(3)15-9)17-8-11-5-4-6-12(14)10(11)2/h4-7H,8,14H2,1-3H3. The van der Waals surface area contributed by atoms with E-state index < -0.39 is 0 Å². The van der Waals surface area contributed by atoms with Crippen LogP contribution in [-0.4, -0.2) is 9.78 Å². The molecule has 1 heterocycles. The molecule has 2 rings (SSSR count). The number of nitrogens with two attached hydrogens (primary N) is 1. The molecule has 17 heavy (non-hydrogen) atoms. The third-order valence-electron chi connectivity index (χ3n) is 2.82. The van der Waals surface area contributed by atoms with Crippen LogP contribution in [0.25, 0.3) is 0 Å². The zero-order valence-corrected chi connectivity index (χ0v) is 11.2. The Balaban J connectivity index is 2.12. The van der Waals surface area contributed by atoms with Crippen LogP contribution in [0.5, 0.6) is 0 Å². The topological polar surface area (TPSA) is 43.8 Å². The van der Waals surface area contributed by atoms with Gasteiger partial charge in [0.25, 0.3) is 0 Å². The summed E-state index contributed by atoms with van der Waals surface area (Å²) in [5, 5.41) is 5.52. The quantitative estimate of drug-likeness (QED) is 0.670. The Morgan fingerprint density at radius 2 is 2.12 bits per heavy atom. The molecule has 0 spiro atoms. The predicted molar refractivity (Wildman–Crippen MR) is 73.1 cm³/mol. The molecular weight excluding hydrogens is 230 g/mol. The molecule has 2 aromatic rings. The van der Waals surface area contributed by atoms with Gasteiger partial charge in [-0.1, -0.05) is 12.1 Å². The Bertz CT molecular complexity index is 531. The van der Waals surface area contributed by atoms with Crippen LogP contribution in [0.15, 0.2) is 29.3 Å². The minimum absolute atomic E-state index is 0.865. The zero-order valence-electron chi connectivity index (χ0n) is 10.4. The lowest BCUT2D eigenvalue weighted by Gasteiger charge is -2.07. The molecule has 90 valence electrons. The lowest BCUT2D eigenvalue weighted by molar-refractivity contribution is 0.692. The maximum absolute atomic E-state index is 5.90. The number of anilines is 1. The SMILES string of the molecule is Cc1cc(SCc2cccc(N)c2C)n(C)n1. The minimum atomic E-state index is 0.865. The van der Waals surface area contributed by atoms with E-state index in [1.165, 1.54) is 16.2 Å². The molecule has 3 nitrogen and oxygen atoms in total. The van der Waals surface area contributed by atoms with Crippen molar-refractivity contribution < 1.29 is 0 Å². The average molecular weight is 247 g/mol. The summed E-state index contributed by atoms with van der Waals surface area (Å²) in [6, 6.07) is 8.18. The van der Waals surface area contributed by atoms with E-state index in [-0.39, 0.29) is 0 Å². The number of hydrogen-bond donors (Lipinski definition) is 1. The number of hydrogen-bond acceptors (Lipinski definition) is 3. The van der Waals surface area contributed by atoms with Gasteiger partial charge < -0.3 is 5.73 Å². The predicted octanol–water partition coefficient (Wildman–Crippen LogP) is 2.91. The van der Waals surface area contributed by atoms with E-state index in [0.717, 1.165) is 17.1 Å². The second-order valence-electron chi connectivity index (χ2n) is 4.17. The maximum Gasteiger partial charge on any atom is 0.0942 e. The van der Waals surface area contributed by atoms with E-state index in [0.29, 0.717) is 0 Å². The van der Waals surface area contributed by atoms with E-state index in [1.807, 2.05) is 30.8 Å². The lowest BCUT2D eigenvalue weighted by atomic mass is 10.1. The van der Waals surface area contributed by atoms with Gasteiger partial charge in [0.05, 0.1) is 10.7 Å². The lowest BCUT2D eigenvalue weighted by Crippen LogP contribution is -1.96. The first-order valence-electron chi connectivity index (χ1n) is 5.55. The second kappa shape index (κ2) is 4.84. The second-order valence-corrected chi connectivity index (χ2v) is 5.16. The van der Waals surface area contributed by atoms with E-state index >= 15 is 0 Å². The molecule has 0 bridgehead atoms. The van der Waals surface area contributed by atoms with Crippen molar-refractivity contribution in [1.82, 2.24) is 9.78 Å². The number of nitrogens with zero attached hydrogens (tertiary/aromatic N) is 2. The molecule has 2 N–H and O–H groups in total. The fraction of sp³-hybridized carbons (Fsp3) is 0.308. The fourth-order valence-electron chi connectivity index (χ4n) is 1.73. The molecule has 1 aromatic carbocycles. The highest BCUT2D eigenvalue weighted by Crippen LogP contribution is 2.26. The Hall–Kier alpha value is -1.42. The third kappa shape index (κ3) is 2.64. The van der Waals surface area contributed by atoms with Gasteiger partial charge in [-0.2, -0.15) is 5.10 Å². The highest BCUT2D eigenvalue weighted by Gasteiger charge is 2.05. The van der Waals surface area contributed by atoms with Gasteiger partial charge in [0.2, 0.25) is 0 Å². The summed E-state index contributed by atoms with van der Waals surface area (Å²) in [4.78, 5) is 0. The van der Waals surface area contributed by atoms with Crippen LogP contribution in [0.2, 0.25) is 0 Å². The summed E-state index contributed by atoms with van der Waals surface area (Å²) in [5.74, 6) is 0.926. The smallest absolute Gasteiger partial charge is 0.0942 e. The summed E-state index contributed by atoms with van der Waals surface area (Å²) >= 11 is 1.79. The molecule has 4 heteroatoms. The first-order chi connectivity index (χ1) is 8.08. The number of nitrogen functional groups attached to an aromatic ring is 1. The van der Waals surface area contributed by atoms with Crippen LogP contribution in [0.1, 0.15) is 16.8 Å². The van der Waals surface area contributed by atoms with Gasteiger partial charge in [0, 0.05) is 18.5 Å². The van der Waals surface area contributed by atoms with Crippen molar-refractivity contribution in [2.75, 3.05) is 5.73 Å². The van der Waals surface area contributed by atoms with Crippen molar-refractivity contribution in [2.45, 2.75) is 24.6 Å². The van der Waals surface area contributed by atoms with E-state index in [9.17, 15) is 0 Å². The number of thioether (sulfide) groups is 1. The first kappa shape index (κ1) is 12.0. The Kier molecular flexibility index (Phi) is 3.43. The van der Waals surface area contributed by atoms with E-state index in [2.05, 4.69) is 24.2 Å². The first-order valence-corrected chi connectivity index (χ1v) is 6.54. The van der Waals surface area contributed by atoms with Crippen molar-refractivity contribution in [3.8, 4) is 0 Å². The number of aryl methyl sites for hydroxylation is 2. The molecule has 0 saturated carbocycles. The maximum atomic E-state index is 5.90. The number of aromatic nitrogens is 2. The van der Waals surface area contributed by atoms with Gasteiger partial charge >= 0.3 is 0 Å². The number of benzene rings is 1. The Morgan fingerprint density at radius 3 is 2.76 bits per heavy atom. The van der Waals surface area contributed by atoms with E-state index in [4.69, 9.17) is 5.73 Å². The van der Waals surface area contributed by atoms with Gasteiger partial charge in [-0.3, -0.25) is 4.68 Å². The summed E-state index contributed by atoms with van der Waals surface area (Å²) in [5.41, 5.74) is 10.3. The van der Waals surface area contributed by atoms with Crippen LogP contribution < -0.4 is 5.73 Å². The molecule has 0 atom stereocenters.